The van der Waals surface area contributed by atoms with E-state index >= 15 is 0 Å². The molecule has 0 aliphatic carbocycles. The molecule has 3 nitrogen and oxygen atoms in total. The van der Waals surface area contributed by atoms with E-state index in [1.165, 1.54) is 0 Å². The molecule has 0 heterocycles. The molecule has 0 aliphatic heterocycles. The minimum Gasteiger partial charge on any atom is -0.490 e. The summed E-state index contributed by atoms with van der Waals surface area (Å²) in [6.45, 7) is 3.25. The van der Waals surface area contributed by atoms with E-state index in [1.807, 2.05) is 6.07 Å². The van der Waals surface area contributed by atoms with Gasteiger partial charge in [-0.05, 0) is 13.8 Å². The fourth-order valence-electron chi connectivity index (χ4n) is 1.51. The molecular weight excluding hydrogens is 226 g/mol. The van der Waals surface area contributed by atoms with Crippen LogP contribution in [0, 0.1) is 23.0 Å². The number of nitrogens with two attached hydrogens (primary N) is 1. The van der Waals surface area contributed by atoms with E-state index < -0.39 is 23.3 Å². The van der Waals surface area contributed by atoms with Crippen molar-refractivity contribution in [2.75, 3.05) is 0 Å². The first kappa shape index (κ1) is 13.4. The Balaban J connectivity index is 2.69. The molecule has 1 rings (SSSR count). The molecule has 1 aromatic rings. The van der Waals surface area contributed by atoms with Crippen LogP contribution in [0.1, 0.15) is 20.3 Å². The summed E-state index contributed by atoms with van der Waals surface area (Å²) >= 11 is 0. The fraction of sp³-hybridized carbons (Fsp3) is 0.417. The Morgan fingerprint density at radius 3 is 2.41 bits per heavy atom. The lowest BCUT2D eigenvalue weighted by molar-refractivity contribution is 0.190. The predicted octanol–water partition coefficient (Wildman–Crippen LogP) is 2.36. The summed E-state index contributed by atoms with van der Waals surface area (Å²) in [7, 11) is 0. The van der Waals surface area contributed by atoms with E-state index in [0.717, 1.165) is 18.2 Å². The average molecular weight is 240 g/mol. The van der Waals surface area contributed by atoms with E-state index in [2.05, 4.69) is 0 Å². The first-order valence-electron chi connectivity index (χ1n) is 5.15. The van der Waals surface area contributed by atoms with Gasteiger partial charge < -0.3 is 10.5 Å². The molecule has 0 saturated carbocycles. The van der Waals surface area contributed by atoms with Crippen LogP contribution in [0.2, 0.25) is 0 Å². The maximum atomic E-state index is 12.9. The van der Waals surface area contributed by atoms with Gasteiger partial charge in [0.05, 0.1) is 12.2 Å². The number of nitrogens with zero attached hydrogens (tertiary/aromatic N) is 1. The molecule has 0 fully saturated rings. The molecule has 2 unspecified atom stereocenters. The third-order valence-electron chi connectivity index (χ3n) is 2.14. The third kappa shape index (κ3) is 4.37. The maximum absolute atomic E-state index is 12.9. The highest BCUT2D eigenvalue weighted by atomic mass is 19.1. The number of nitriles is 1. The van der Waals surface area contributed by atoms with Crippen LogP contribution in [0.4, 0.5) is 8.78 Å². The Bertz CT molecular complexity index is 420. The predicted molar refractivity (Wildman–Crippen MR) is 59.3 cm³/mol. The highest BCUT2D eigenvalue weighted by Gasteiger charge is 2.22. The Morgan fingerprint density at radius 1 is 1.41 bits per heavy atom. The first-order chi connectivity index (χ1) is 7.82. The van der Waals surface area contributed by atoms with Crippen LogP contribution in [0.5, 0.6) is 5.75 Å². The van der Waals surface area contributed by atoms with Crippen LogP contribution in [-0.4, -0.2) is 11.6 Å². The normalized spacial score (nSPS) is 15.8. The van der Waals surface area contributed by atoms with Gasteiger partial charge in [0, 0.05) is 24.6 Å². The molecular formula is C12H14F2N2O. The summed E-state index contributed by atoms with van der Waals surface area (Å²) in [5.74, 6) is -1.32. The summed E-state index contributed by atoms with van der Waals surface area (Å²) in [5.41, 5.74) is 4.62. The minimum atomic E-state index is -1.02. The minimum absolute atomic E-state index is 0.0868. The molecule has 0 saturated heterocycles. The third-order valence-corrected chi connectivity index (χ3v) is 2.14. The lowest BCUT2D eigenvalue weighted by atomic mass is 9.98. The van der Waals surface area contributed by atoms with Gasteiger partial charge in [-0.15, -0.1) is 0 Å². The summed E-state index contributed by atoms with van der Waals surface area (Å²) in [5, 5.41) is 8.75. The van der Waals surface area contributed by atoms with Crippen molar-refractivity contribution in [1.29, 1.82) is 5.26 Å². The molecule has 92 valence electrons. The average Bonchev–Trinajstić information content (AvgIpc) is 2.14. The molecule has 0 bridgehead atoms. The summed E-state index contributed by atoms with van der Waals surface area (Å²) in [6, 6.07) is 4.86. The topological polar surface area (TPSA) is 59.0 Å². The van der Waals surface area contributed by atoms with Crippen LogP contribution < -0.4 is 10.5 Å². The number of hydrogen-bond acceptors (Lipinski definition) is 3. The van der Waals surface area contributed by atoms with Crippen molar-refractivity contribution in [3.8, 4) is 11.8 Å². The number of hydrogen-bond donors (Lipinski definition) is 1. The van der Waals surface area contributed by atoms with Gasteiger partial charge in [0.15, 0.2) is 0 Å². The lowest BCUT2D eigenvalue weighted by Crippen LogP contribution is -2.38. The van der Waals surface area contributed by atoms with E-state index in [-0.39, 0.29) is 12.2 Å². The highest BCUT2D eigenvalue weighted by molar-refractivity contribution is 5.24. The zero-order valence-electron chi connectivity index (χ0n) is 9.71. The smallest absolute Gasteiger partial charge is 0.129 e. The van der Waals surface area contributed by atoms with Crippen molar-refractivity contribution in [2.45, 2.75) is 31.9 Å². The van der Waals surface area contributed by atoms with Crippen LogP contribution in [0.25, 0.3) is 0 Å². The monoisotopic (exact) mass is 240 g/mol. The van der Waals surface area contributed by atoms with Gasteiger partial charge in [-0.25, -0.2) is 8.78 Å². The van der Waals surface area contributed by atoms with Crippen molar-refractivity contribution in [3.05, 3.63) is 29.8 Å². The van der Waals surface area contributed by atoms with Gasteiger partial charge in [-0.3, -0.25) is 0 Å². The maximum Gasteiger partial charge on any atom is 0.129 e. The molecule has 0 amide bonds. The van der Waals surface area contributed by atoms with Crippen molar-refractivity contribution in [3.63, 3.8) is 0 Å². The van der Waals surface area contributed by atoms with E-state index in [4.69, 9.17) is 15.7 Å². The van der Waals surface area contributed by atoms with Crippen molar-refractivity contribution >= 4 is 0 Å². The summed E-state index contributed by atoms with van der Waals surface area (Å²) in [4.78, 5) is 0. The lowest BCUT2D eigenvalue weighted by Gasteiger charge is -2.21. The Labute approximate surface area is 98.8 Å². The molecule has 0 aromatic heterocycles. The molecule has 0 radical (unpaired) electrons. The van der Waals surface area contributed by atoms with Gasteiger partial charge >= 0.3 is 0 Å². The molecule has 2 N–H and O–H groups in total. The first-order valence-corrected chi connectivity index (χ1v) is 5.15. The Morgan fingerprint density at radius 2 is 1.94 bits per heavy atom. The summed E-state index contributed by atoms with van der Waals surface area (Å²) < 4.78 is 31.1. The van der Waals surface area contributed by atoms with E-state index in [1.54, 1.807) is 13.8 Å². The number of benzene rings is 1. The Hall–Kier alpha value is -1.67. The van der Waals surface area contributed by atoms with Crippen molar-refractivity contribution < 1.29 is 13.5 Å². The number of ether oxygens (including phenoxy) is 1. The second-order valence-electron chi connectivity index (χ2n) is 4.27. The largest absolute Gasteiger partial charge is 0.490 e. The van der Waals surface area contributed by atoms with Crippen LogP contribution >= 0.6 is 0 Å². The molecule has 5 heteroatoms. The van der Waals surface area contributed by atoms with E-state index in [0.29, 0.717) is 0 Å². The second kappa shape index (κ2) is 5.11. The quantitative estimate of drug-likeness (QED) is 0.878. The molecule has 17 heavy (non-hydrogen) atoms. The van der Waals surface area contributed by atoms with Gasteiger partial charge in [-0.2, -0.15) is 5.26 Å². The summed E-state index contributed by atoms with van der Waals surface area (Å²) in [6.07, 6.45) is -0.146. The number of halogens is 2. The molecule has 2 atom stereocenters. The molecule has 0 spiro atoms. The van der Waals surface area contributed by atoms with E-state index in [9.17, 15) is 8.78 Å². The zero-order valence-corrected chi connectivity index (χ0v) is 9.71. The fourth-order valence-corrected chi connectivity index (χ4v) is 1.51. The highest BCUT2D eigenvalue weighted by Crippen LogP contribution is 2.19. The zero-order chi connectivity index (χ0) is 13.1. The van der Waals surface area contributed by atoms with Crippen LogP contribution in [0.3, 0.4) is 0 Å². The van der Waals surface area contributed by atoms with Crippen molar-refractivity contribution in [2.24, 2.45) is 5.73 Å². The SMILES string of the molecule is CC(CC(C)(N)C#N)Oc1cc(F)cc(F)c1. The second-order valence-corrected chi connectivity index (χ2v) is 4.27. The van der Waals surface area contributed by atoms with Crippen molar-refractivity contribution in [1.82, 2.24) is 0 Å². The molecule has 0 aliphatic rings. The van der Waals surface area contributed by atoms with Crippen LogP contribution in [0.15, 0.2) is 18.2 Å². The van der Waals surface area contributed by atoms with Gasteiger partial charge in [0.2, 0.25) is 0 Å². The standard InChI is InChI=1S/C12H14F2N2O/c1-8(6-12(2,16)7-15)17-11-4-9(13)3-10(14)5-11/h3-5,8H,6,16H2,1-2H3. The van der Waals surface area contributed by atoms with Crippen LogP contribution in [-0.2, 0) is 0 Å². The Kier molecular flexibility index (Phi) is 4.02. The molecule has 1 aromatic carbocycles. The van der Waals surface area contributed by atoms with Gasteiger partial charge in [0.25, 0.3) is 0 Å². The van der Waals surface area contributed by atoms with Gasteiger partial charge in [0.1, 0.15) is 22.9 Å². The number of rotatable bonds is 4. The van der Waals surface area contributed by atoms with Gasteiger partial charge in [-0.1, -0.05) is 0 Å².